The summed E-state index contributed by atoms with van der Waals surface area (Å²) < 4.78 is 5.80. The Hall–Kier alpha value is -3.41. The number of carbonyl (C=O) groups is 3. The van der Waals surface area contributed by atoms with E-state index in [4.69, 9.17) is 9.84 Å². The summed E-state index contributed by atoms with van der Waals surface area (Å²) >= 11 is 0. The summed E-state index contributed by atoms with van der Waals surface area (Å²) in [6.45, 7) is 4.00. The summed E-state index contributed by atoms with van der Waals surface area (Å²) in [6.07, 6.45) is 49.9. The molecule has 0 aromatic rings. The van der Waals surface area contributed by atoms with Gasteiger partial charge in [0.1, 0.15) is 12.6 Å². The molecular weight excluding hydrogens is 598 g/mol. The molecule has 6 heteroatoms. The van der Waals surface area contributed by atoms with Crippen LogP contribution in [0.15, 0.2) is 85.1 Å². The summed E-state index contributed by atoms with van der Waals surface area (Å²) in [6, 6.07) is 0. The van der Waals surface area contributed by atoms with Gasteiger partial charge in [-0.05, 0) is 96.0 Å². The van der Waals surface area contributed by atoms with E-state index in [9.17, 15) is 14.4 Å². The zero-order valence-corrected chi connectivity index (χ0v) is 30.3. The van der Waals surface area contributed by atoms with Crippen LogP contribution < -0.4 is 5.32 Å². The summed E-state index contributed by atoms with van der Waals surface area (Å²) in [4.78, 5) is 35.1. The van der Waals surface area contributed by atoms with Crippen molar-refractivity contribution in [3.8, 4) is 0 Å². The van der Waals surface area contributed by atoms with Crippen LogP contribution >= 0.6 is 0 Å². The maximum absolute atomic E-state index is 12.6. The van der Waals surface area contributed by atoms with Crippen molar-refractivity contribution in [1.82, 2.24) is 5.32 Å². The van der Waals surface area contributed by atoms with Crippen molar-refractivity contribution in [1.29, 1.82) is 0 Å². The predicted molar refractivity (Wildman–Crippen MR) is 203 cm³/mol. The van der Waals surface area contributed by atoms with Crippen molar-refractivity contribution in [2.45, 2.75) is 155 Å². The lowest BCUT2D eigenvalue weighted by atomic mass is 10.1. The van der Waals surface area contributed by atoms with Crippen molar-refractivity contribution in [3.63, 3.8) is 0 Å². The average molecular weight is 666 g/mol. The largest absolute Gasteiger partial charge is 0.480 e. The lowest BCUT2D eigenvalue weighted by molar-refractivity contribution is -0.147. The molecule has 6 nitrogen and oxygen atoms in total. The van der Waals surface area contributed by atoms with Crippen molar-refractivity contribution in [2.75, 3.05) is 6.54 Å². The van der Waals surface area contributed by atoms with Gasteiger partial charge in [0, 0.05) is 12.8 Å². The maximum Gasteiger partial charge on any atom is 0.322 e. The highest BCUT2D eigenvalue weighted by Crippen LogP contribution is 2.13. The van der Waals surface area contributed by atoms with E-state index in [1.54, 1.807) is 0 Å². The number of rotatable bonds is 32. The Labute approximate surface area is 293 Å². The van der Waals surface area contributed by atoms with E-state index < -0.39 is 5.97 Å². The molecular formula is C42H67NO5. The fourth-order valence-corrected chi connectivity index (χ4v) is 4.78. The Morgan fingerprint density at radius 2 is 1.08 bits per heavy atom. The molecule has 0 heterocycles. The normalized spacial score (nSPS) is 13.0. The van der Waals surface area contributed by atoms with Crippen LogP contribution in [0.2, 0.25) is 0 Å². The molecule has 1 atom stereocenters. The molecule has 0 aliphatic rings. The number of nitrogens with one attached hydrogen (secondary N) is 1. The molecule has 0 radical (unpaired) electrons. The Kier molecular flexibility index (Phi) is 33.8. The molecule has 0 saturated carbocycles. The lowest BCUT2D eigenvalue weighted by Crippen LogP contribution is -2.28. The van der Waals surface area contributed by atoms with Crippen LogP contribution in [0.5, 0.6) is 0 Å². The highest BCUT2D eigenvalue weighted by Gasteiger charge is 2.12. The third-order valence-corrected chi connectivity index (χ3v) is 7.54. The van der Waals surface area contributed by atoms with Gasteiger partial charge in [-0.15, -0.1) is 0 Å². The van der Waals surface area contributed by atoms with Crippen LogP contribution in [0.3, 0.4) is 0 Å². The summed E-state index contributed by atoms with van der Waals surface area (Å²) in [5, 5.41) is 11.1. The van der Waals surface area contributed by atoms with E-state index in [2.05, 4.69) is 92.1 Å². The molecule has 0 spiro atoms. The Morgan fingerprint density at radius 1 is 0.583 bits per heavy atom. The summed E-state index contributed by atoms with van der Waals surface area (Å²) in [7, 11) is 0. The number of hydrogen-bond acceptors (Lipinski definition) is 4. The van der Waals surface area contributed by atoms with Crippen molar-refractivity contribution in [3.05, 3.63) is 85.1 Å². The Bertz CT molecular complexity index is 1000. The van der Waals surface area contributed by atoms with E-state index >= 15 is 0 Å². The van der Waals surface area contributed by atoms with Gasteiger partial charge in [0.25, 0.3) is 0 Å². The molecule has 0 bridgehead atoms. The minimum Gasteiger partial charge on any atom is -0.480 e. The molecule has 0 aliphatic carbocycles. The second kappa shape index (κ2) is 36.4. The number of amides is 1. The molecule has 2 N–H and O–H groups in total. The van der Waals surface area contributed by atoms with Crippen molar-refractivity contribution in [2.24, 2.45) is 0 Å². The second-order valence-corrected chi connectivity index (χ2v) is 12.1. The first-order valence-electron chi connectivity index (χ1n) is 18.7. The van der Waals surface area contributed by atoms with Crippen LogP contribution in [0, 0.1) is 0 Å². The van der Waals surface area contributed by atoms with Crippen LogP contribution in [0.1, 0.15) is 149 Å². The second-order valence-electron chi connectivity index (χ2n) is 12.1. The molecule has 0 saturated heterocycles. The number of hydrogen-bond donors (Lipinski definition) is 2. The molecule has 1 amide bonds. The third-order valence-electron chi connectivity index (χ3n) is 7.54. The minimum absolute atomic E-state index is 0.175. The number of carboxylic acids is 1. The number of esters is 1. The Balaban J connectivity index is 4.40. The van der Waals surface area contributed by atoms with Gasteiger partial charge < -0.3 is 15.2 Å². The number of ether oxygens (including phenoxy) is 1. The Morgan fingerprint density at radius 3 is 1.67 bits per heavy atom. The summed E-state index contributed by atoms with van der Waals surface area (Å²) in [5.41, 5.74) is 0. The SMILES string of the molecule is CC/C=C\C/C=C\C/C=C\C/C=C\C/C=C\C(CCCCC(=O)NCC(=O)O)OC(=O)CCCCCCC/C=C\C/C=C\CCCCC. The van der Waals surface area contributed by atoms with E-state index in [0.717, 1.165) is 64.2 Å². The molecule has 1 unspecified atom stereocenters. The van der Waals surface area contributed by atoms with E-state index in [-0.39, 0.29) is 30.9 Å². The molecule has 0 aliphatic heterocycles. The molecule has 270 valence electrons. The van der Waals surface area contributed by atoms with Crippen LogP contribution in [-0.4, -0.2) is 35.6 Å². The number of carboxylic acid groups (broad SMARTS) is 1. The van der Waals surface area contributed by atoms with Crippen LogP contribution in [-0.2, 0) is 19.1 Å². The predicted octanol–water partition coefficient (Wildman–Crippen LogP) is 11.2. The van der Waals surface area contributed by atoms with Gasteiger partial charge in [-0.3, -0.25) is 14.4 Å². The van der Waals surface area contributed by atoms with Gasteiger partial charge in [-0.1, -0.05) is 125 Å². The van der Waals surface area contributed by atoms with Gasteiger partial charge >= 0.3 is 11.9 Å². The van der Waals surface area contributed by atoms with Gasteiger partial charge in [-0.2, -0.15) is 0 Å². The van der Waals surface area contributed by atoms with E-state index in [1.807, 2.05) is 12.2 Å². The first-order chi connectivity index (χ1) is 23.5. The van der Waals surface area contributed by atoms with Crippen molar-refractivity contribution < 1.29 is 24.2 Å². The molecule has 48 heavy (non-hydrogen) atoms. The molecule has 0 fully saturated rings. The maximum atomic E-state index is 12.6. The minimum atomic E-state index is -1.06. The van der Waals surface area contributed by atoms with Gasteiger partial charge in [0.15, 0.2) is 0 Å². The van der Waals surface area contributed by atoms with E-state index in [1.165, 1.54) is 38.5 Å². The van der Waals surface area contributed by atoms with Gasteiger partial charge in [-0.25, -0.2) is 0 Å². The molecule has 0 aromatic carbocycles. The standard InChI is InChI=1S/C42H67NO5/c1-3-5-7-9-11-13-15-17-19-21-23-25-27-29-31-37-42(47)48-39(35-32-33-36-40(44)43-38-41(45)46)34-30-28-26-24-22-20-18-16-14-12-10-8-6-4-2/h6,8,11-14,17-20,24,26,30,34,39H,3-5,7,9-10,15-16,21-23,25,27-29,31-33,35-38H2,1-2H3,(H,43,44)(H,45,46)/b8-6-,13-11-,14-12-,19-17-,20-18-,26-24-,34-30-. The number of unbranched alkanes of at least 4 members (excludes halogenated alkanes) is 9. The molecule has 0 rings (SSSR count). The topological polar surface area (TPSA) is 92.7 Å². The van der Waals surface area contributed by atoms with E-state index in [0.29, 0.717) is 25.7 Å². The number of aliphatic carboxylic acids is 1. The zero-order valence-electron chi connectivity index (χ0n) is 30.3. The monoisotopic (exact) mass is 666 g/mol. The van der Waals surface area contributed by atoms with Crippen LogP contribution in [0.4, 0.5) is 0 Å². The third kappa shape index (κ3) is 35.4. The highest BCUT2D eigenvalue weighted by atomic mass is 16.5. The van der Waals surface area contributed by atoms with Crippen LogP contribution in [0.25, 0.3) is 0 Å². The number of carbonyl (C=O) groups excluding carboxylic acids is 2. The zero-order chi connectivity index (χ0) is 35.2. The lowest BCUT2D eigenvalue weighted by Gasteiger charge is -2.14. The van der Waals surface area contributed by atoms with Crippen molar-refractivity contribution >= 4 is 17.8 Å². The fourth-order valence-electron chi connectivity index (χ4n) is 4.78. The van der Waals surface area contributed by atoms with Gasteiger partial charge in [0.2, 0.25) is 5.91 Å². The number of allylic oxidation sites excluding steroid dienone is 13. The summed E-state index contributed by atoms with van der Waals surface area (Å²) in [5.74, 6) is -1.51. The fraction of sp³-hybridized carbons (Fsp3) is 0.595. The first kappa shape index (κ1) is 44.6. The van der Waals surface area contributed by atoms with Gasteiger partial charge in [0.05, 0.1) is 0 Å². The average Bonchev–Trinajstić information content (AvgIpc) is 3.07. The highest BCUT2D eigenvalue weighted by molar-refractivity contribution is 5.80. The molecule has 0 aromatic heterocycles. The smallest absolute Gasteiger partial charge is 0.322 e. The first-order valence-corrected chi connectivity index (χ1v) is 18.7. The quantitative estimate of drug-likeness (QED) is 0.0424.